The maximum atomic E-state index is 11.1. The Hall–Kier alpha value is -2.47. The van der Waals surface area contributed by atoms with Gasteiger partial charge < -0.3 is 0 Å². The van der Waals surface area contributed by atoms with Gasteiger partial charge in [-0.05, 0) is 31.4 Å². The fourth-order valence-corrected chi connectivity index (χ4v) is 3.03. The molecule has 0 aliphatic carbocycles. The van der Waals surface area contributed by atoms with Crippen LogP contribution in [0.1, 0.15) is 23.4 Å². The molecule has 1 aromatic carbocycles. The molecule has 2 aromatic rings. The van der Waals surface area contributed by atoms with Gasteiger partial charge in [-0.25, -0.2) is 4.68 Å². The molecule has 0 saturated carbocycles. The summed E-state index contributed by atoms with van der Waals surface area (Å²) in [7, 11) is 0. The van der Waals surface area contributed by atoms with Gasteiger partial charge in [-0.2, -0.15) is 5.10 Å². The lowest BCUT2D eigenvalue weighted by Gasteiger charge is -2.26. The zero-order valence-corrected chi connectivity index (χ0v) is 13.4. The first-order chi connectivity index (χ1) is 11.1. The Morgan fingerprint density at radius 3 is 2.57 bits per heavy atom. The van der Waals surface area contributed by atoms with Gasteiger partial charge in [-0.3, -0.25) is 15.0 Å². The molecule has 1 aliphatic heterocycles. The van der Waals surface area contributed by atoms with Crippen molar-refractivity contribution in [3.8, 4) is 0 Å². The van der Waals surface area contributed by atoms with E-state index in [-0.39, 0.29) is 10.6 Å². The maximum Gasteiger partial charge on any atom is 0.312 e. The van der Waals surface area contributed by atoms with E-state index in [4.69, 9.17) is 0 Å². The first kappa shape index (κ1) is 15.4. The standard InChI is InChI=1S/C17H20N4O2/c1-13-17(21(22)23)14(2)20(18-13)12-19-10-8-16(9-11-19)15-6-4-3-5-7-15/h3-8H,9-12H2,1-2H3. The van der Waals surface area contributed by atoms with Crippen LogP contribution in [-0.4, -0.2) is 32.7 Å². The van der Waals surface area contributed by atoms with Crippen molar-refractivity contribution < 1.29 is 4.92 Å². The Morgan fingerprint density at radius 2 is 2.00 bits per heavy atom. The van der Waals surface area contributed by atoms with Crippen molar-refractivity contribution in [1.29, 1.82) is 0 Å². The van der Waals surface area contributed by atoms with Gasteiger partial charge >= 0.3 is 5.69 Å². The molecule has 0 atom stereocenters. The molecule has 0 radical (unpaired) electrons. The van der Waals surface area contributed by atoms with E-state index in [0.717, 1.165) is 19.5 Å². The van der Waals surface area contributed by atoms with Gasteiger partial charge in [0.25, 0.3) is 0 Å². The van der Waals surface area contributed by atoms with Crippen molar-refractivity contribution >= 4 is 11.3 Å². The summed E-state index contributed by atoms with van der Waals surface area (Å²) >= 11 is 0. The average molecular weight is 312 g/mol. The van der Waals surface area contributed by atoms with Crippen LogP contribution in [0, 0.1) is 24.0 Å². The van der Waals surface area contributed by atoms with Gasteiger partial charge in [0.2, 0.25) is 0 Å². The third-order valence-corrected chi connectivity index (χ3v) is 4.30. The predicted molar refractivity (Wildman–Crippen MR) is 89.0 cm³/mol. The van der Waals surface area contributed by atoms with E-state index >= 15 is 0 Å². The van der Waals surface area contributed by atoms with Crippen molar-refractivity contribution in [1.82, 2.24) is 14.7 Å². The number of aromatic nitrogens is 2. The van der Waals surface area contributed by atoms with E-state index in [0.29, 0.717) is 18.1 Å². The highest BCUT2D eigenvalue weighted by atomic mass is 16.6. The summed E-state index contributed by atoms with van der Waals surface area (Å²) in [5, 5.41) is 15.4. The number of rotatable bonds is 4. The van der Waals surface area contributed by atoms with E-state index in [1.807, 2.05) is 6.07 Å². The van der Waals surface area contributed by atoms with Crippen LogP contribution in [0.15, 0.2) is 36.4 Å². The molecule has 1 aliphatic rings. The Balaban J connectivity index is 1.71. The van der Waals surface area contributed by atoms with Crippen LogP contribution < -0.4 is 0 Å². The molecule has 0 spiro atoms. The largest absolute Gasteiger partial charge is 0.312 e. The van der Waals surface area contributed by atoms with Gasteiger partial charge in [0.15, 0.2) is 0 Å². The molecule has 0 saturated heterocycles. The molecule has 120 valence electrons. The van der Waals surface area contributed by atoms with E-state index < -0.39 is 0 Å². The third kappa shape index (κ3) is 3.17. The van der Waals surface area contributed by atoms with Gasteiger partial charge in [-0.1, -0.05) is 36.4 Å². The summed E-state index contributed by atoms with van der Waals surface area (Å²) < 4.78 is 1.73. The Labute approximate surface area is 135 Å². The molecule has 0 bridgehead atoms. The quantitative estimate of drug-likeness (QED) is 0.642. The molecule has 0 fully saturated rings. The second-order valence-electron chi connectivity index (χ2n) is 5.84. The highest BCUT2D eigenvalue weighted by molar-refractivity contribution is 5.66. The Bertz CT molecular complexity index is 749. The summed E-state index contributed by atoms with van der Waals surface area (Å²) in [5.41, 5.74) is 3.85. The van der Waals surface area contributed by atoms with Crippen LogP contribution in [0.3, 0.4) is 0 Å². The van der Waals surface area contributed by atoms with E-state index in [9.17, 15) is 10.1 Å². The third-order valence-electron chi connectivity index (χ3n) is 4.30. The monoisotopic (exact) mass is 312 g/mol. The molecule has 6 heteroatoms. The molecular formula is C17H20N4O2. The van der Waals surface area contributed by atoms with Gasteiger partial charge in [-0.15, -0.1) is 0 Å². The minimum atomic E-state index is -0.349. The summed E-state index contributed by atoms with van der Waals surface area (Å²) in [6.07, 6.45) is 3.21. The van der Waals surface area contributed by atoms with Gasteiger partial charge in [0, 0.05) is 13.1 Å². The van der Waals surface area contributed by atoms with Crippen LogP contribution in [-0.2, 0) is 6.67 Å². The number of aryl methyl sites for hydroxylation is 1. The fraction of sp³-hybridized carbons (Fsp3) is 0.353. The Kier molecular flexibility index (Phi) is 4.25. The molecule has 0 amide bonds. The van der Waals surface area contributed by atoms with Gasteiger partial charge in [0.05, 0.1) is 11.6 Å². The van der Waals surface area contributed by atoms with Crippen molar-refractivity contribution in [3.05, 3.63) is 63.5 Å². The zero-order chi connectivity index (χ0) is 16.4. The van der Waals surface area contributed by atoms with E-state index in [1.165, 1.54) is 11.1 Å². The molecular weight excluding hydrogens is 292 g/mol. The predicted octanol–water partition coefficient (Wildman–Crippen LogP) is 3.15. The molecule has 23 heavy (non-hydrogen) atoms. The summed E-state index contributed by atoms with van der Waals surface area (Å²) in [6, 6.07) is 10.4. The van der Waals surface area contributed by atoms with Crippen molar-refractivity contribution in [2.75, 3.05) is 13.1 Å². The normalized spacial score (nSPS) is 15.5. The molecule has 0 unspecified atom stereocenters. The number of nitro groups is 1. The molecule has 0 N–H and O–H groups in total. The highest BCUT2D eigenvalue weighted by Gasteiger charge is 2.23. The Morgan fingerprint density at radius 1 is 1.26 bits per heavy atom. The number of hydrogen-bond acceptors (Lipinski definition) is 4. The first-order valence-electron chi connectivity index (χ1n) is 7.71. The molecule has 3 rings (SSSR count). The zero-order valence-electron chi connectivity index (χ0n) is 13.4. The number of benzene rings is 1. The first-order valence-corrected chi connectivity index (χ1v) is 7.71. The highest BCUT2D eigenvalue weighted by Crippen LogP contribution is 2.24. The SMILES string of the molecule is Cc1nn(CN2CC=C(c3ccccc3)CC2)c(C)c1[N+](=O)[O-]. The minimum Gasteiger partial charge on any atom is -0.280 e. The topological polar surface area (TPSA) is 64.2 Å². The average Bonchev–Trinajstić information content (AvgIpc) is 2.83. The lowest BCUT2D eigenvalue weighted by Crippen LogP contribution is -2.31. The van der Waals surface area contributed by atoms with Crippen LogP contribution >= 0.6 is 0 Å². The summed E-state index contributed by atoms with van der Waals surface area (Å²) in [6.45, 7) is 5.78. The lowest BCUT2D eigenvalue weighted by atomic mass is 10.00. The second-order valence-corrected chi connectivity index (χ2v) is 5.84. The van der Waals surface area contributed by atoms with E-state index in [2.05, 4.69) is 40.3 Å². The maximum absolute atomic E-state index is 11.1. The fourth-order valence-electron chi connectivity index (χ4n) is 3.03. The van der Waals surface area contributed by atoms with Crippen LogP contribution in [0.2, 0.25) is 0 Å². The minimum absolute atomic E-state index is 0.127. The molecule has 1 aromatic heterocycles. The number of nitrogens with zero attached hydrogens (tertiary/aromatic N) is 4. The summed E-state index contributed by atoms with van der Waals surface area (Å²) in [4.78, 5) is 13.0. The molecule has 6 nitrogen and oxygen atoms in total. The van der Waals surface area contributed by atoms with Crippen molar-refractivity contribution in [2.45, 2.75) is 26.9 Å². The molecule has 2 heterocycles. The van der Waals surface area contributed by atoms with Gasteiger partial charge in [0.1, 0.15) is 11.4 Å². The second kappa shape index (κ2) is 6.34. The summed E-state index contributed by atoms with van der Waals surface area (Å²) in [5.74, 6) is 0. The van der Waals surface area contributed by atoms with Crippen LogP contribution in [0.25, 0.3) is 5.57 Å². The van der Waals surface area contributed by atoms with Crippen LogP contribution in [0.4, 0.5) is 5.69 Å². The smallest absolute Gasteiger partial charge is 0.280 e. The van der Waals surface area contributed by atoms with E-state index in [1.54, 1.807) is 18.5 Å². The lowest BCUT2D eigenvalue weighted by molar-refractivity contribution is -0.386. The number of hydrogen-bond donors (Lipinski definition) is 0. The van der Waals surface area contributed by atoms with Crippen molar-refractivity contribution in [2.24, 2.45) is 0 Å². The van der Waals surface area contributed by atoms with Crippen LogP contribution in [0.5, 0.6) is 0 Å². The van der Waals surface area contributed by atoms with Crippen molar-refractivity contribution in [3.63, 3.8) is 0 Å².